The van der Waals surface area contributed by atoms with Gasteiger partial charge in [0.1, 0.15) is 5.54 Å². The number of carboxylic acids is 1. The largest absolute Gasteiger partial charge is 0.480 e. The number of carbonyl (C=O) groups is 2. The third-order valence-electron chi connectivity index (χ3n) is 3.70. The lowest BCUT2D eigenvalue weighted by Crippen LogP contribution is -2.61. The first-order chi connectivity index (χ1) is 9.25. The van der Waals surface area contributed by atoms with Crippen molar-refractivity contribution in [3.05, 3.63) is 0 Å². The number of nitrogens with zero attached hydrogens (tertiary/aromatic N) is 2. The molecule has 20 heavy (non-hydrogen) atoms. The lowest BCUT2D eigenvalue weighted by atomic mass is 10.0. The molecule has 0 aromatic heterocycles. The highest BCUT2D eigenvalue weighted by Gasteiger charge is 2.41. The molecule has 0 bridgehead atoms. The summed E-state index contributed by atoms with van der Waals surface area (Å²) in [5.41, 5.74) is -1.28. The summed E-state index contributed by atoms with van der Waals surface area (Å²) >= 11 is 0. The van der Waals surface area contributed by atoms with Gasteiger partial charge in [0.15, 0.2) is 0 Å². The van der Waals surface area contributed by atoms with Gasteiger partial charge in [-0.2, -0.15) is 0 Å². The Labute approximate surface area is 119 Å². The fourth-order valence-electron chi connectivity index (χ4n) is 2.23. The van der Waals surface area contributed by atoms with Gasteiger partial charge in [-0.15, -0.1) is 0 Å². The van der Waals surface area contributed by atoms with Crippen molar-refractivity contribution in [2.24, 2.45) is 0 Å². The summed E-state index contributed by atoms with van der Waals surface area (Å²) in [6.45, 7) is 7.34. The number of hydrogen-bond donors (Lipinski definition) is 2. The second-order valence-electron chi connectivity index (χ2n) is 5.53. The molecule has 1 saturated heterocycles. The Bertz CT molecular complexity index is 372. The summed E-state index contributed by atoms with van der Waals surface area (Å²) in [5.74, 6) is -1.05. The number of amides is 2. The smallest absolute Gasteiger partial charge is 0.329 e. The minimum absolute atomic E-state index is 0.149. The molecule has 2 atom stereocenters. The second-order valence-corrected chi connectivity index (χ2v) is 5.53. The zero-order valence-electron chi connectivity index (χ0n) is 12.5. The van der Waals surface area contributed by atoms with Gasteiger partial charge in [-0.1, -0.05) is 0 Å². The van der Waals surface area contributed by atoms with E-state index in [4.69, 9.17) is 9.84 Å². The molecule has 2 amide bonds. The van der Waals surface area contributed by atoms with Gasteiger partial charge in [0.05, 0.1) is 31.9 Å². The average Bonchev–Trinajstić information content (AvgIpc) is 2.39. The fraction of sp³-hybridized carbons (Fsp3) is 0.846. The molecule has 0 aliphatic carbocycles. The minimum atomic E-state index is -1.28. The normalized spacial score (nSPS) is 23.6. The van der Waals surface area contributed by atoms with Crippen molar-refractivity contribution in [1.82, 2.24) is 9.80 Å². The van der Waals surface area contributed by atoms with Crippen LogP contribution >= 0.6 is 0 Å². The van der Waals surface area contributed by atoms with Crippen molar-refractivity contribution in [3.63, 3.8) is 0 Å². The van der Waals surface area contributed by atoms with E-state index in [2.05, 4.69) is 0 Å². The summed E-state index contributed by atoms with van der Waals surface area (Å²) in [6, 6.07) is -0.488. The standard InChI is InChI=1S/C13H24N2O5/c1-5-15(13(3,4)11(17)18)12(19)14-6-10(7-16)20-8-9(14)2/h9-10,16H,5-8H2,1-4H3,(H,17,18). The van der Waals surface area contributed by atoms with Gasteiger partial charge in [-0.25, -0.2) is 9.59 Å². The highest BCUT2D eigenvalue weighted by Crippen LogP contribution is 2.20. The monoisotopic (exact) mass is 288 g/mol. The van der Waals surface area contributed by atoms with E-state index >= 15 is 0 Å². The van der Waals surface area contributed by atoms with E-state index in [1.807, 2.05) is 6.92 Å². The maximum Gasteiger partial charge on any atom is 0.329 e. The number of likely N-dealkylation sites (N-methyl/N-ethyl adjacent to an activating group) is 1. The van der Waals surface area contributed by atoms with E-state index in [9.17, 15) is 14.7 Å². The number of aliphatic hydroxyl groups is 1. The molecule has 1 heterocycles. The first kappa shape index (κ1) is 16.7. The Kier molecular flexibility index (Phi) is 5.35. The van der Waals surface area contributed by atoms with Crippen LogP contribution in [-0.4, -0.2) is 76.0 Å². The maximum absolute atomic E-state index is 12.6. The minimum Gasteiger partial charge on any atom is -0.480 e. The summed E-state index contributed by atoms with van der Waals surface area (Å²) in [5, 5.41) is 18.4. The summed E-state index contributed by atoms with van der Waals surface area (Å²) in [4.78, 5) is 26.8. The molecule has 7 nitrogen and oxygen atoms in total. The molecular formula is C13H24N2O5. The molecule has 0 spiro atoms. The number of hydrogen-bond acceptors (Lipinski definition) is 4. The van der Waals surface area contributed by atoms with Crippen molar-refractivity contribution < 1.29 is 24.5 Å². The van der Waals surface area contributed by atoms with Crippen LogP contribution in [0.2, 0.25) is 0 Å². The SMILES string of the molecule is CCN(C(=O)N1CC(CO)OCC1C)C(C)(C)C(=O)O. The predicted octanol–water partition coefficient (Wildman–Crippen LogP) is 0.373. The molecule has 2 N–H and O–H groups in total. The molecule has 1 aliphatic heterocycles. The van der Waals surface area contributed by atoms with E-state index < -0.39 is 17.6 Å². The zero-order chi connectivity index (χ0) is 15.5. The molecule has 0 saturated carbocycles. The quantitative estimate of drug-likeness (QED) is 0.780. The van der Waals surface area contributed by atoms with Gasteiger partial charge < -0.3 is 24.7 Å². The van der Waals surface area contributed by atoms with E-state index in [1.54, 1.807) is 11.8 Å². The Morgan fingerprint density at radius 2 is 2.05 bits per heavy atom. The van der Waals surface area contributed by atoms with E-state index in [1.165, 1.54) is 18.7 Å². The Morgan fingerprint density at radius 3 is 2.50 bits per heavy atom. The van der Waals surface area contributed by atoms with Crippen molar-refractivity contribution in [2.45, 2.75) is 45.4 Å². The van der Waals surface area contributed by atoms with Crippen molar-refractivity contribution in [3.8, 4) is 0 Å². The molecule has 7 heteroatoms. The lowest BCUT2D eigenvalue weighted by molar-refractivity contribution is -0.148. The molecule has 1 aliphatic rings. The molecule has 0 aromatic carbocycles. The molecule has 1 fully saturated rings. The first-order valence-electron chi connectivity index (χ1n) is 6.79. The Hall–Kier alpha value is -1.34. The van der Waals surface area contributed by atoms with Gasteiger partial charge in [-0.3, -0.25) is 0 Å². The predicted molar refractivity (Wildman–Crippen MR) is 72.5 cm³/mol. The van der Waals surface area contributed by atoms with Crippen LogP contribution in [0.25, 0.3) is 0 Å². The van der Waals surface area contributed by atoms with Crippen LogP contribution in [0, 0.1) is 0 Å². The van der Waals surface area contributed by atoms with Gasteiger partial charge in [0.25, 0.3) is 0 Å². The molecule has 1 rings (SSSR count). The second kappa shape index (κ2) is 6.41. The Balaban J connectivity index is 2.92. The molecule has 2 unspecified atom stereocenters. The molecule has 116 valence electrons. The highest BCUT2D eigenvalue weighted by molar-refractivity contribution is 5.85. The maximum atomic E-state index is 12.6. The third kappa shape index (κ3) is 3.21. The number of rotatable bonds is 4. The van der Waals surface area contributed by atoms with Crippen molar-refractivity contribution in [2.75, 3.05) is 26.3 Å². The summed E-state index contributed by atoms with van der Waals surface area (Å²) in [6.07, 6.45) is -0.415. The summed E-state index contributed by atoms with van der Waals surface area (Å²) < 4.78 is 5.39. The van der Waals surface area contributed by atoms with Crippen LogP contribution in [0.3, 0.4) is 0 Å². The number of carbonyl (C=O) groups excluding carboxylic acids is 1. The van der Waals surface area contributed by atoms with E-state index in [0.29, 0.717) is 13.2 Å². The van der Waals surface area contributed by atoms with Gasteiger partial charge in [0.2, 0.25) is 0 Å². The van der Waals surface area contributed by atoms with Crippen LogP contribution < -0.4 is 0 Å². The van der Waals surface area contributed by atoms with E-state index in [-0.39, 0.29) is 25.2 Å². The van der Waals surface area contributed by atoms with Crippen LogP contribution in [0.5, 0.6) is 0 Å². The van der Waals surface area contributed by atoms with Crippen molar-refractivity contribution in [1.29, 1.82) is 0 Å². The van der Waals surface area contributed by atoms with Crippen molar-refractivity contribution >= 4 is 12.0 Å². The molecule has 0 radical (unpaired) electrons. The fourth-order valence-corrected chi connectivity index (χ4v) is 2.23. The Morgan fingerprint density at radius 1 is 1.45 bits per heavy atom. The zero-order valence-corrected chi connectivity index (χ0v) is 12.5. The topological polar surface area (TPSA) is 90.3 Å². The van der Waals surface area contributed by atoms with Crippen LogP contribution in [0.15, 0.2) is 0 Å². The van der Waals surface area contributed by atoms with Crippen LogP contribution in [-0.2, 0) is 9.53 Å². The number of aliphatic hydroxyl groups excluding tert-OH is 1. The lowest BCUT2D eigenvalue weighted by Gasteiger charge is -2.43. The number of ether oxygens (including phenoxy) is 1. The van der Waals surface area contributed by atoms with Gasteiger partial charge in [0, 0.05) is 6.54 Å². The number of aliphatic carboxylic acids is 1. The molecular weight excluding hydrogens is 264 g/mol. The first-order valence-corrected chi connectivity index (χ1v) is 6.79. The number of carboxylic acid groups (broad SMARTS) is 1. The summed E-state index contributed by atoms with van der Waals surface area (Å²) in [7, 11) is 0. The molecule has 0 aromatic rings. The van der Waals surface area contributed by atoms with Gasteiger partial charge >= 0.3 is 12.0 Å². The number of morpholine rings is 1. The van der Waals surface area contributed by atoms with Crippen LogP contribution in [0.4, 0.5) is 4.79 Å². The highest BCUT2D eigenvalue weighted by atomic mass is 16.5. The average molecular weight is 288 g/mol. The van der Waals surface area contributed by atoms with Gasteiger partial charge in [-0.05, 0) is 27.7 Å². The van der Waals surface area contributed by atoms with E-state index in [0.717, 1.165) is 0 Å². The number of urea groups is 1. The van der Waals surface area contributed by atoms with Crippen LogP contribution in [0.1, 0.15) is 27.7 Å². The third-order valence-corrected chi connectivity index (χ3v) is 3.70.